The quantitative estimate of drug-likeness (QED) is 0.640. The molecule has 0 unspecified atom stereocenters. The van der Waals surface area contributed by atoms with Crippen LogP contribution in [0.2, 0.25) is 0 Å². The molecule has 7 nitrogen and oxygen atoms in total. The number of ether oxygens (including phenoxy) is 2. The van der Waals surface area contributed by atoms with E-state index in [1.807, 2.05) is 12.1 Å². The molecule has 2 heterocycles. The van der Waals surface area contributed by atoms with Gasteiger partial charge in [0.25, 0.3) is 0 Å². The van der Waals surface area contributed by atoms with E-state index in [0.29, 0.717) is 59.9 Å². The van der Waals surface area contributed by atoms with Gasteiger partial charge in [-0.05, 0) is 26.0 Å². The zero-order valence-electron chi connectivity index (χ0n) is 14.7. The van der Waals surface area contributed by atoms with Gasteiger partial charge in [0, 0.05) is 20.0 Å². The van der Waals surface area contributed by atoms with Crippen molar-refractivity contribution < 1.29 is 19.8 Å². The fourth-order valence-electron chi connectivity index (χ4n) is 2.65. The maximum atomic E-state index is 10.3. The van der Waals surface area contributed by atoms with Gasteiger partial charge in [-0.25, -0.2) is 9.97 Å². The topological polar surface area (TPSA) is 89.6 Å². The number of methoxy groups -OCH3 is 1. The molecule has 0 amide bonds. The standard InChI is InChI=1S/C18H23N3O4/c1-18(2,22)8-10-25-14-6-4-5-13-16(14)17-12(11-21(13)23)19-15(20-17)7-9-24-3/h4-6,11,22-23H,7-10H2,1-3H3. The Morgan fingerprint density at radius 1 is 1.20 bits per heavy atom. The van der Waals surface area contributed by atoms with Crippen LogP contribution in [-0.2, 0) is 11.2 Å². The van der Waals surface area contributed by atoms with Crippen molar-refractivity contribution in [2.75, 3.05) is 20.3 Å². The zero-order chi connectivity index (χ0) is 18.0. The molecule has 0 fully saturated rings. The van der Waals surface area contributed by atoms with E-state index >= 15 is 0 Å². The third kappa shape index (κ3) is 3.83. The molecule has 2 aliphatic rings. The van der Waals surface area contributed by atoms with E-state index in [1.54, 1.807) is 33.2 Å². The van der Waals surface area contributed by atoms with Crippen LogP contribution in [0.15, 0.2) is 24.4 Å². The number of imidazole rings is 1. The van der Waals surface area contributed by atoms with Gasteiger partial charge in [0.05, 0.1) is 35.9 Å². The van der Waals surface area contributed by atoms with Gasteiger partial charge in [-0.3, -0.25) is 0 Å². The van der Waals surface area contributed by atoms with Crippen molar-refractivity contribution in [2.24, 2.45) is 0 Å². The summed E-state index contributed by atoms with van der Waals surface area (Å²) < 4.78 is 12.0. The van der Waals surface area contributed by atoms with Crippen molar-refractivity contribution in [3.05, 3.63) is 30.2 Å². The SMILES string of the molecule is COCCc1nc2cn(O)c3cccc(OCCC(C)(C)O)c3c-2n1. The summed E-state index contributed by atoms with van der Waals surface area (Å²) in [4.78, 5) is 9.05. The highest BCUT2D eigenvalue weighted by molar-refractivity contribution is 5.97. The van der Waals surface area contributed by atoms with Gasteiger partial charge >= 0.3 is 0 Å². The second-order valence-electron chi connectivity index (χ2n) is 6.65. The van der Waals surface area contributed by atoms with Gasteiger partial charge in [0.1, 0.15) is 23.0 Å². The molecule has 134 valence electrons. The minimum Gasteiger partial charge on any atom is -0.493 e. The molecule has 0 bridgehead atoms. The van der Waals surface area contributed by atoms with Crippen LogP contribution in [0.5, 0.6) is 5.75 Å². The average molecular weight is 345 g/mol. The summed E-state index contributed by atoms with van der Waals surface area (Å²) in [5.74, 6) is 1.27. The van der Waals surface area contributed by atoms with Crippen LogP contribution in [-0.4, -0.2) is 50.9 Å². The lowest BCUT2D eigenvalue weighted by molar-refractivity contribution is 0.0555. The Morgan fingerprint density at radius 3 is 2.72 bits per heavy atom. The van der Waals surface area contributed by atoms with Gasteiger partial charge in [-0.15, -0.1) is 0 Å². The fraction of sp³-hybridized carbons (Fsp3) is 0.444. The van der Waals surface area contributed by atoms with Gasteiger partial charge in [-0.1, -0.05) is 6.07 Å². The van der Waals surface area contributed by atoms with Crippen LogP contribution < -0.4 is 4.74 Å². The molecule has 1 aromatic carbocycles. The van der Waals surface area contributed by atoms with E-state index in [9.17, 15) is 10.3 Å². The van der Waals surface area contributed by atoms with Crippen LogP contribution in [0.25, 0.3) is 22.3 Å². The van der Waals surface area contributed by atoms with Gasteiger partial charge in [0.15, 0.2) is 0 Å². The van der Waals surface area contributed by atoms with Crippen LogP contribution in [0, 0.1) is 0 Å². The first-order chi connectivity index (χ1) is 11.9. The first-order valence-electron chi connectivity index (χ1n) is 8.23. The van der Waals surface area contributed by atoms with E-state index in [-0.39, 0.29) is 0 Å². The lowest BCUT2D eigenvalue weighted by atomic mass is 10.1. The van der Waals surface area contributed by atoms with Crippen molar-refractivity contribution in [2.45, 2.75) is 32.3 Å². The molecule has 2 N–H and O–H groups in total. The zero-order valence-corrected chi connectivity index (χ0v) is 14.7. The van der Waals surface area contributed by atoms with Crippen molar-refractivity contribution >= 4 is 10.9 Å². The lowest BCUT2D eigenvalue weighted by Crippen LogP contribution is -2.21. The summed E-state index contributed by atoms with van der Waals surface area (Å²) in [6, 6.07) is 5.43. The van der Waals surface area contributed by atoms with E-state index < -0.39 is 5.60 Å². The minimum atomic E-state index is -0.801. The molecule has 1 aromatic rings. The van der Waals surface area contributed by atoms with Crippen molar-refractivity contribution in [3.8, 4) is 17.1 Å². The predicted octanol–water partition coefficient (Wildman–Crippen LogP) is 2.50. The molecule has 0 radical (unpaired) electrons. The first kappa shape index (κ1) is 17.4. The molecule has 25 heavy (non-hydrogen) atoms. The largest absolute Gasteiger partial charge is 0.493 e. The number of fused-ring (bicyclic) bond motifs is 3. The summed E-state index contributed by atoms with van der Waals surface area (Å²) >= 11 is 0. The third-order valence-corrected chi connectivity index (χ3v) is 3.97. The summed E-state index contributed by atoms with van der Waals surface area (Å²) in [6.45, 7) is 4.37. The second kappa shape index (κ2) is 6.85. The van der Waals surface area contributed by atoms with Crippen LogP contribution >= 0.6 is 0 Å². The summed E-state index contributed by atoms with van der Waals surface area (Å²) in [6.07, 6.45) is 2.63. The predicted molar refractivity (Wildman–Crippen MR) is 93.3 cm³/mol. The molecule has 2 aliphatic heterocycles. The van der Waals surface area contributed by atoms with E-state index in [4.69, 9.17) is 9.47 Å². The number of hydrogen-bond acceptors (Lipinski definition) is 6. The normalized spacial score (nSPS) is 12.2. The molecular formula is C18H23N3O4. The fourth-order valence-corrected chi connectivity index (χ4v) is 2.65. The Hall–Kier alpha value is -2.38. The summed E-state index contributed by atoms with van der Waals surface area (Å²) in [7, 11) is 1.63. The van der Waals surface area contributed by atoms with E-state index in [2.05, 4.69) is 9.97 Å². The molecule has 0 aliphatic carbocycles. The Balaban J connectivity index is 2.02. The van der Waals surface area contributed by atoms with Gasteiger partial charge in [-0.2, -0.15) is 4.73 Å². The van der Waals surface area contributed by atoms with Crippen molar-refractivity contribution in [1.29, 1.82) is 0 Å². The molecule has 0 atom stereocenters. The summed E-state index contributed by atoms with van der Waals surface area (Å²) in [5, 5.41) is 20.8. The number of pyridine rings is 1. The van der Waals surface area contributed by atoms with Crippen molar-refractivity contribution in [1.82, 2.24) is 14.7 Å². The third-order valence-electron chi connectivity index (χ3n) is 3.97. The van der Waals surface area contributed by atoms with E-state index in [1.165, 1.54) is 0 Å². The number of rotatable bonds is 7. The smallest absolute Gasteiger partial charge is 0.132 e. The van der Waals surface area contributed by atoms with Gasteiger partial charge < -0.3 is 19.8 Å². The molecule has 0 aromatic heterocycles. The molecule has 0 saturated carbocycles. The maximum Gasteiger partial charge on any atom is 0.132 e. The molecule has 0 saturated heterocycles. The van der Waals surface area contributed by atoms with E-state index in [0.717, 1.165) is 4.73 Å². The minimum absolute atomic E-state index is 0.356. The second-order valence-corrected chi connectivity index (χ2v) is 6.65. The molecule has 0 spiro atoms. The Labute approximate surface area is 146 Å². The number of aliphatic hydroxyl groups is 1. The monoisotopic (exact) mass is 345 g/mol. The highest BCUT2D eigenvalue weighted by atomic mass is 16.5. The number of hydrogen-bond donors (Lipinski definition) is 2. The highest BCUT2D eigenvalue weighted by Crippen LogP contribution is 2.35. The van der Waals surface area contributed by atoms with Crippen LogP contribution in [0.3, 0.4) is 0 Å². The average Bonchev–Trinajstić information content (AvgIpc) is 2.94. The highest BCUT2D eigenvalue weighted by Gasteiger charge is 2.20. The molecular weight excluding hydrogens is 322 g/mol. The number of benzene rings is 1. The Bertz CT molecular complexity index is 838. The number of aromatic nitrogens is 3. The first-order valence-corrected chi connectivity index (χ1v) is 8.23. The van der Waals surface area contributed by atoms with Crippen molar-refractivity contribution in [3.63, 3.8) is 0 Å². The van der Waals surface area contributed by atoms with Crippen LogP contribution in [0.1, 0.15) is 26.1 Å². The maximum absolute atomic E-state index is 10.3. The Morgan fingerprint density at radius 2 is 2.00 bits per heavy atom. The molecule has 7 heteroatoms. The summed E-state index contributed by atoms with van der Waals surface area (Å²) in [5.41, 5.74) is 1.07. The van der Waals surface area contributed by atoms with Crippen LogP contribution in [0.4, 0.5) is 0 Å². The Kier molecular flexibility index (Phi) is 4.78. The number of nitrogens with zero attached hydrogens (tertiary/aromatic N) is 3. The lowest BCUT2D eigenvalue weighted by Gasteiger charge is -2.18. The van der Waals surface area contributed by atoms with Gasteiger partial charge in [0.2, 0.25) is 0 Å². The molecule has 3 rings (SSSR count).